The van der Waals surface area contributed by atoms with Crippen molar-refractivity contribution < 1.29 is 9.90 Å². The Morgan fingerprint density at radius 3 is 2.61 bits per heavy atom. The van der Waals surface area contributed by atoms with Crippen LogP contribution in [0.3, 0.4) is 0 Å². The van der Waals surface area contributed by atoms with Gasteiger partial charge in [-0.05, 0) is 25.3 Å². The zero-order chi connectivity index (χ0) is 16.2. The monoisotopic (exact) mass is 312 g/mol. The standard InChI is InChI=1S/C17H20N4O2/c1-11-2-4-12(5-3-11)9-18-15-8-14(13-6-7-13)20-17(21-15)19-10-16(22)23/h2-5,8,13H,6-7,9-10H2,1H3,(H,22,23)(H2,18,19,20,21). The predicted octanol–water partition coefficient (Wildman–Crippen LogP) is 2.77. The number of aromatic nitrogens is 2. The Morgan fingerprint density at radius 1 is 1.22 bits per heavy atom. The minimum atomic E-state index is -0.931. The zero-order valence-corrected chi connectivity index (χ0v) is 13.0. The van der Waals surface area contributed by atoms with Crippen LogP contribution >= 0.6 is 0 Å². The molecule has 0 radical (unpaired) electrons. The molecule has 1 aliphatic rings. The van der Waals surface area contributed by atoms with Gasteiger partial charge in [-0.3, -0.25) is 4.79 Å². The average molecular weight is 312 g/mol. The molecule has 120 valence electrons. The third kappa shape index (κ3) is 4.42. The number of rotatable bonds is 7. The van der Waals surface area contributed by atoms with Crippen LogP contribution in [0.5, 0.6) is 0 Å². The summed E-state index contributed by atoms with van der Waals surface area (Å²) < 4.78 is 0. The number of anilines is 2. The fourth-order valence-corrected chi connectivity index (χ4v) is 2.28. The van der Waals surface area contributed by atoms with Gasteiger partial charge in [0, 0.05) is 18.5 Å². The first-order valence-electron chi connectivity index (χ1n) is 7.74. The molecule has 1 aromatic heterocycles. The van der Waals surface area contributed by atoms with Crippen molar-refractivity contribution in [3.63, 3.8) is 0 Å². The van der Waals surface area contributed by atoms with E-state index in [1.54, 1.807) is 0 Å². The molecule has 6 nitrogen and oxygen atoms in total. The molecule has 0 spiro atoms. The molecule has 3 N–H and O–H groups in total. The molecule has 1 saturated carbocycles. The van der Waals surface area contributed by atoms with Crippen molar-refractivity contribution in [1.82, 2.24) is 9.97 Å². The van der Waals surface area contributed by atoms with Gasteiger partial charge in [0.1, 0.15) is 12.4 Å². The van der Waals surface area contributed by atoms with E-state index in [0.29, 0.717) is 18.4 Å². The molecule has 0 unspecified atom stereocenters. The summed E-state index contributed by atoms with van der Waals surface area (Å²) in [5, 5.41) is 14.8. The van der Waals surface area contributed by atoms with Crippen molar-refractivity contribution in [3.8, 4) is 0 Å². The van der Waals surface area contributed by atoms with Gasteiger partial charge in [0.15, 0.2) is 0 Å². The van der Waals surface area contributed by atoms with Gasteiger partial charge in [-0.2, -0.15) is 4.98 Å². The lowest BCUT2D eigenvalue weighted by molar-refractivity contribution is -0.134. The third-order valence-electron chi connectivity index (χ3n) is 3.73. The van der Waals surface area contributed by atoms with Gasteiger partial charge in [-0.15, -0.1) is 0 Å². The second-order valence-electron chi connectivity index (χ2n) is 5.86. The number of carbonyl (C=O) groups is 1. The highest BCUT2D eigenvalue weighted by molar-refractivity contribution is 5.72. The van der Waals surface area contributed by atoms with Crippen LogP contribution in [-0.4, -0.2) is 27.6 Å². The first kappa shape index (κ1) is 15.3. The lowest BCUT2D eigenvalue weighted by Gasteiger charge is -2.10. The molecule has 1 aliphatic carbocycles. The lowest BCUT2D eigenvalue weighted by atomic mass is 10.1. The highest BCUT2D eigenvalue weighted by Crippen LogP contribution is 2.39. The Bertz CT molecular complexity index is 696. The largest absolute Gasteiger partial charge is 0.480 e. The summed E-state index contributed by atoms with van der Waals surface area (Å²) in [6.07, 6.45) is 2.26. The van der Waals surface area contributed by atoms with Crippen LogP contribution in [0, 0.1) is 6.92 Å². The number of carboxylic acid groups (broad SMARTS) is 1. The first-order chi connectivity index (χ1) is 11.1. The quantitative estimate of drug-likeness (QED) is 0.729. The normalized spacial score (nSPS) is 13.6. The second-order valence-corrected chi connectivity index (χ2v) is 5.86. The number of nitrogens with one attached hydrogen (secondary N) is 2. The summed E-state index contributed by atoms with van der Waals surface area (Å²) >= 11 is 0. The maximum absolute atomic E-state index is 10.7. The van der Waals surface area contributed by atoms with Gasteiger partial charge in [0.05, 0.1) is 5.69 Å². The molecule has 0 saturated heterocycles. The lowest BCUT2D eigenvalue weighted by Crippen LogP contribution is -2.15. The number of benzene rings is 1. The number of aliphatic carboxylic acids is 1. The van der Waals surface area contributed by atoms with Gasteiger partial charge in [0.25, 0.3) is 0 Å². The summed E-state index contributed by atoms with van der Waals surface area (Å²) in [6.45, 7) is 2.54. The van der Waals surface area contributed by atoms with E-state index in [9.17, 15) is 4.79 Å². The summed E-state index contributed by atoms with van der Waals surface area (Å²) in [5.41, 5.74) is 3.37. The maximum atomic E-state index is 10.7. The van der Waals surface area contributed by atoms with Crippen molar-refractivity contribution in [3.05, 3.63) is 47.2 Å². The summed E-state index contributed by atoms with van der Waals surface area (Å²) in [5.74, 6) is 0.626. The fourth-order valence-electron chi connectivity index (χ4n) is 2.28. The molecular weight excluding hydrogens is 292 g/mol. The van der Waals surface area contributed by atoms with Crippen LogP contribution in [0.25, 0.3) is 0 Å². The minimum absolute atomic E-state index is 0.189. The van der Waals surface area contributed by atoms with E-state index in [4.69, 9.17) is 5.11 Å². The van der Waals surface area contributed by atoms with Gasteiger partial charge in [0.2, 0.25) is 5.95 Å². The predicted molar refractivity (Wildman–Crippen MR) is 88.6 cm³/mol. The fraction of sp³-hybridized carbons (Fsp3) is 0.353. The van der Waals surface area contributed by atoms with Crippen LogP contribution in [0.4, 0.5) is 11.8 Å². The van der Waals surface area contributed by atoms with Gasteiger partial charge in [-0.1, -0.05) is 29.8 Å². The van der Waals surface area contributed by atoms with E-state index >= 15 is 0 Å². The molecule has 6 heteroatoms. The topological polar surface area (TPSA) is 87.1 Å². The van der Waals surface area contributed by atoms with Crippen molar-refractivity contribution in [2.24, 2.45) is 0 Å². The van der Waals surface area contributed by atoms with E-state index in [1.165, 1.54) is 11.1 Å². The molecule has 3 rings (SSSR count). The van der Waals surface area contributed by atoms with Crippen LogP contribution < -0.4 is 10.6 Å². The Kier molecular flexibility index (Phi) is 4.41. The van der Waals surface area contributed by atoms with Crippen molar-refractivity contribution >= 4 is 17.7 Å². The number of aryl methyl sites for hydroxylation is 1. The van der Waals surface area contributed by atoms with E-state index in [2.05, 4.69) is 51.8 Å². The van der Waals surface area contributed by atoms with E-state index in [1.807, 2.05) is 6.07 Å². The van der Waals surface area contributed by atoms with Gasteiger partial charge in [-0.25, -0.2) is 4.98 Å². The van der Waals surface area contributed by atoms with Crippen molar-refractivity contribution in [2.75, 3.05) is 17.2 Å². The molecule has 0 amide bonds. The Morgan fingerprint density at radius 2 is 1.96 bits per heavy atom. The molecule has 1 heterocycles. The zero-order valence-electron chi connectivity index (χ0n) is 13.0. The van der Waals surface area contributed by atoms with E-state index in [-0.39, 0.29) is 6.54 Å². The number of carboxylic acids is 1. The second kappa shape index (κ2) is 6.64. The van der Waals surface area contributed by atoms with E-state index < -0.39 is 5.97 Å². The molecular formula is C17H20N4O2. The third-order valence-corrected chi connectivity index (χ3v) is 3.73. The van der Waals surface area contributed by atoms with Crippen LogP contribution in [0.15, 0.2) is 30.3 Å². The molecule has 23 heavy (non-hydrogen) atoms. The minimum Gasteiger partial charge on any atom is -0.480 e. The van der Waals surface area contributed by atoms with Crippen LogP contribution in [-0.2, 0) is 11.3 Å². The van der Waals surface area contributed by atoms with E-state index in [0.717, 1.165) is 24.4 Å². The summed E-state index contributed by atoms with van der Waals surface area (Å²) in [7, 11) is 0. The molecule has 0 atom stereocenters. The van der Waals surface area contributed by atoms with Gasteiger partial charge < -0.3 is 15.7 Å². The van der Waals surface area contributed by atoms with Crippen molar-refractivity contribution in [1.29, 1.82) is 0 Å². The average Bonchev–Trinajstić information content (AvgIpc) is 3.37. The number of nitrogens with zero attached hydrogens (tertiary/aromatic N) is 2. The summed E-state index contributed by atoms with van der Waals surface area (Å²) in [4.78, 5) is 19.5. The Labute approximate surface area is 135 Å². The van der Waals surface area contributed by atoms with Crippen molar-refractivity contribution in [2.45, 2.75) is 32.2 Å². The molecule has 1 fully saturated rings. The van der Waals surface area contributed by atoms with Crippen LogP contribution in [0.2, 0.25) is 0 Å². The molecule has 2 aromatic rings. The molecule has 1 aromatic carbocycles. The maximum Gasteiger partial charge on any atom is 0.322 e. The van der Waals surface area contributed by atoms with Crippen LogP contribution in [0.1, 0.15) is 35.6 Å². The number of hydrogen-bond donors (Lipinski definition) is 3. The first-order valence-corrected chi connectivity index (χ1v) is 7.74. The highest BCUT2D eigenvalue weighted by Gasteiger charge is 2.26. The number of hydrogen-bond acceptors (Lipinski definition) is 5. The highest BCUT2D eigenvalue weighted by atomic mass is 16.4. The molecule has 0 bridgehead atoms. The smallest absolute Gasteiger partial charge is 0.322 e. The Balaban J connectivity index is 1.71. The van der Waals surface area contributed by atoms with Gasteiger partial charge >= 0.3 is 5.97 Å². The Hall–Kier alpha value is -2.63. The summed E-state index contributed by atoms with van der Waals surface area (Å²) in [6, 6.07) is 10.3. The molecule has 0 aliphatic heterocycles. The SMILES string of the molecule is Cc1ccc(CNc2cc(C3CC3)nc(NCC(=O)O)n2)cc1.